The predicted molar refractivity (Wildman–Crippen MR) is 106 cm³/mol. The Hall–Kier alpha value is -2.24. The first-order valence-corrected chi connectivity index (χ1v) is 9.54. The fourth-order valence-corrected chi connectivity index (χ4v) is 3.56. The van der Waals surface area contributed by atoms with Gasteiger partial charge in [0.1, 0.15) is 6.61 Å². The number of hydrogen-bond acceptors (Lipinski definition) is 4. The third-order valence-corrected chi connectivity index (χ3v) is 5.26. The van der Waals surface area contributed by atoms with Crippen molar-refractivity contribution in [3.05, 3.63) is 58.6 Å². The number of ether oxygens (including phenoxy) is 2. The summed E-state index contributed by atoms with van der Waals surface area (Å²) in [5.41, 5.74) is 7.35. The summed E-state index contributed by atoms with van der Waals surface area (Å²) >= 11 is 5.90. The number of halogens is 1. The molecule has 0 radical (unpaired) electrons. The first-order valence-electron chi connectivity index (χ1n) is 9.17. The summed E-state index contributed by atoms with van der Waals surface area (Å²) in [4.78, 5) is 12.6. The number of amides is 1. The average molecular weight is 389 g/mol. The Labute approximate surface area is 164 Å². The summed E-state index contributed by atoms with van der Waals surface area (Å²) in [6.07, 6.45) is 3.16. The minimum absolute atomic E-state index is 0.108. The Bertz CT molecular complexity index is 779. The molecule has 27 heavy (non-hydrogen) atoms. The number of nitrogens with one attached hydrogen (secondary N) is 1. The molecule has 3 N–H and O–H groups in total. The molecule has 0 aliphatic heterocycles. The van der Waals surface area contributed by atoms with Gasteiger partial charge in [-0.25, -0.2) is 0 Å². The van der Waals surface area contributed by atoms with Crippen LogP contribution in [0.25, 0.3) is 0 Å². The predicted octanol–water partition coefficient (Wildman–Crippen LogP) is 3.78. The molecule has 2 aromatic carbocycles. The molecule has 5 nitrogen and oxygen atoms in total. The van der Waals surface area contributed by atoms with E-state index in [0.29, 0.717) is 41.2 Å². The maximum atomic E-state index is 12.6. The fourth-order valence-electron chi connectivity index (χ4n) is 3.43. The molecule has 2 aromatic rings. The molecule has 1 amide bonds. The van der Waals surface area contributed by atoms with Gasteiger partial charge in [0.2, 0.25) is 0 Å². The normalized spacial score (nSPS) is 18.9. The van der Waals surface area contributed by atoms with E-state index in [2.05, 4.69) is 5.32 Å². The van der Waals surface area contributed by atoms with Crippen molar-refractivity contribution in [1.82, 2.24) is 5.32 Å². The second-order valence-corrected chi connectivity index (χ2v) is 7.22. The largest absolute Gasteiger partial charge is 0.493 e. The molecule has 2 unspecified atom stereocenters. The second kappa shape index (κ2) is 9.11. The number of carbonyl (C=O) groups excluding carboxylic acids is 1. The van der Waals surface area contributed by atoms with E-state index in [0.717, 1.165) is 24.8 Å². The zero-order valence-electron chi connectivity index (χ0n) is 15.4. The minimum atomic E-state index is -0.108. The van der Waals surface area contributed by atoms with Gasteiger partial charge >= 0.3 is 0 Å². The molecule has 1 aliphatic rings. The molecule has 144 valence electrons. The van der Waals surface area contributed by atoms with Gasteiger partial charge in [0.05, 0.1) is 7.11 Å². The van der Waals surface area contributed by atoms with Crippen LogP contribution in [0, 0.1) is 5.92 Å². The van der Waals surface area contributed by atoms with Crippen molar-refractivity contribution in [1.29, 1.82) is 0 Å². The Morgan fingerprint density at radius 3 is 2.67 bits per heavy atom. The summed E-state index contributed by atoms with van der Waals surface area (Å²) in [7, 11) is 1.56. The van der Waals surface area contributed by atoms with Crippen LogP contribution in [0.3, 0.4) is 0 Å². The van der Waals surface area contributed by atoms with Crippen LogP contribution >= 0.6 is 11.6 Å². The van der Waals surface area contributed by atoms with Crippen LogP contribution in [0.1, 0.15) is 35.2 Å². The van der Waals surface area contributed by atoms with E-state index in [9.17, 15) is 4.79 Å². The molecular formula is C21H25ClN2O3. The van der Waals surface area contributed by atoms with Crippen molar-refractivity contribution in [3.8, 4) is 11.5 Å². The number of nitrogens with two attached hydrogens (primary N) is 1. The van der Waals surface area contributed by atoms with Crippen LogP contribution in [-0.2, 0) is 6.61 Å². The lowest BCUT2D eigenvalue weighted by atomic mass is 10.0. The van der Waals surface area contributed by atoms with Crippen LogP contribution in [0.4, 0.5) is 0 Å². The molecule has 0 bridgehead atoms. The minimum Gasteiger partial charge on any atom is -0.493 e. The van der Waals surface area contributed by atoms with Gasteiger partial charge in [-0.05, 0) is 61.2 Å². The Kier molecular flexibility index (Phi) is 6.58. The lowest BCUT2D eigenvalue weighted by molar-refractivity contribution is 0.0928. The molecular weight excluding hydrogens is 364 g/mol. The smallest absolute Gasteiger partial charge is 0.251 e. The lowest BCUT2D eigenvalue weighted by Crippen LogP contribution is -2.39. The summed E-state index contributed by atoms with van der Waals surface area (Å²) < 4.78 is 11.3. The highest BCUT2D eigenvalue weighted by Gasteiger charge is 2.27. The highest BCUT2D eigenvalue weighted by Crippen LogP contribution is 2.30. The van der Waals surface area contributed by atoms with Gasteiger partial charge in [-0.1, -0.05) is 30.2 Å². The van der Waals surface area contributed by atoms with E-state index >= 15 is 0 Å². The quantitative estimate of drug-likeness (QED) is 0.756. The zero-order chi connectivity index (χ0) is 19.2. The lowest BCUT2D eigenvalue weighted by Gasteiger charge is -2.20. The van der Waals surface area contributed by atoms with Crippen LogP contribution in [0.15, 0.2) is 42.5 Å². The zero-order valence-corrected chi connectivity index (χ0v) is 16.2. The Morgan fingerprint density at radius 1 is 1.19 bits per heavy atom. The monoisotopic (exact) mass is 388 g/mol. The van der Waals surface area contributed by atoms with Gasteiger partial charge in [0.25, 0.3) is 5.91 Å². The topological polar surface area (TPSA) is 73.6 Å². The van der Waals surface area contributed by atoms with Crippen LogP contribution in [0.5, 0.6) is 11.5 Å². The van der Waals surface area contributed by atoms with Crippen LogP contribution < -0.4 is 20.5 Å². The van der Waals surface area contributed by atoms with Gasteiger partial charge < -0.3 is 20.5 Å². The van der Waals surface area contributed by atoms with Crippen LogP contribution in [-0.4, -0.2) is 25.6 Å². The molecule has 0 spiro atoms. The molecule has 2 atom stereocenters. The van der Waals surface area contributed by atoms with E-state index in [4.69, 9.17) is 26.8 Å². The van der Waals surface area contributed by atoms with Crippen LogP contribution in [0.2, 0.25) is 5.02 Å². The fraction of sp³-hybridized carbons (Fsp3) is 0.381. The maximum absolute atomic E-state index is 12.6. The van der Waals surface area contributed by atoms with Gasteiger partial charge in [0.15, 0.2) is 11.5 Å². The maximum Gasteiger partial charge on any atom is 0.251 e. The SMILES string of the molecule is COc1cc(C(=O)NC2CCCC2CN)ccc1OCc1ccc(Cl)cc1. The van der Waals surface area contributed by atoms with Crippen molar-refractivity contribution in [2.75, 3.05) is 13.7 Å². The van der Waals surface area contributed by atoms with E-state index in [-0.39, 0.29) is 11.9 Å². The number of carbonyl (C=O) groups is 1. The highest BCUT2D eigenvalue weighted by atomic mass is 35.5. The average Bonchev–Trinajstić information content (AvgIpc) is 3.14. The van der Waals surface area contributed by atoms with Crippen molar-refractivity contribution in [2.45, 2.75) is 31.9 Å². The van der Waals surface area contributed by atoms with Crippen molar-refractivity contribution < 1.29 is 14.3 Å². The second-order valence-electron chi connectivity index (χ2n) is 6.79. The third kappa shape index (κ3) is 4.93. The molecule has 1 fully saturated rings. The summed E-state index contributed by atoms with van der Waals surface area (Å²) in [6, 6.07) is 12.8. The standard InChI is InChI=1S/C21H25ClN2O3/c1-26-20-11-15(21(25)24-18-4-2-3-16(18)12-23)7-10-19(20)27-13-14-5-8-17(22)9-6-14/h5-11,16,18H,2-4,12-13,23H2,1H3,(H,24,25). The summed E-state index contributed by atoms with van der Waals surface area (Å²) in [6.45, 7) is 0.991. The Balaban J connectivity index is 1.66. The van der Waals surface area contributed by atoms with Crippen molar-refractivity contribution in [3.63, 3.8) is 0 Å². The Morgan fingerprint density at radius 2 is 1.96 bits per heavy atom. The number of hydrogen-bond donors (Lipinski definition) is 2. The first-order chi connectivity index (χ1) is 13.1. The first kappa shape index (κ1) is 19.5. The molecule has 1 saturated carbocycles. The third-order valence-electron chi connectivity index (χ3n) is 5.01. The molecule has 3 rings (SSSR count). The van der Waals surface area contributed by atoms with Gasteiger partial charge in [0, 0.05) is 16.6 Å². The van der Waals surface area contributed by atoms with Crippen molar-refractivity contribution >= 4 is 17.5 Å². The number of benzene rings is 2. The molecule has 0 heterocycles. The molecule has 1 aliphatic carbocycles. The summed E-state index contributed by atoms with van der Waals surface area (Å²) in [5, 5.41) is 3.79. The van der Waals surface area contributed by atoms with E-state index in [1.165, 1.54) is 0 Å². The summed E-state index contributed by atoms with van der Waals surface area (Å²) in [5.74, 6) is 1.36. The molecule has 0 saturated heterocycles. The van der Waals surface area contributed by atoms with Gasteiger partial charge in [-0.2, -0.15) is 0 Å². The number of methoxy groups -OCH3 is 1. The van der Waals surface area contributed by atoms with E-state index in [1.54, 1.807) is 25.3 Å². The molecule has 0 aromatic heterocycles. The van der Waals surface area contributed by atoms with Gasteiger partial charge in [-0.3, -0.25) is 4.79 Å². The van der Waals surface area contributed by atoms with E-state index < -0.39 is 0 Å². The van der Waals surface area contributed by atoms with E-state index in [1.807, 2.05) is 24.3 Å². The van der Waals surface area contributed by atoms with Crippen molar-refractivity contribution in [2.24, 2.45) is 11.7 Å². The molecule has 6 heteroatoms. The number of rotatable bonds is 7. The highest BCUT2D eigenvalue weighted by molar-refractivity contribution is 6.30. The van der Waals surface area contributed by atoms with Gasteiger partial charge in [-0.15, -0.1) is 0 Å².